The van der Waals surface area contributed by atoms with Crippen molar-refractivity contribution < 1.29 is 22.8 Å². The zero-order valence-electron chi connectivity index (χ0n) is 18.8. The molecule has 3 heterocycles. The maximum Gasteiger partial charge on any atom is 0.276 e. The molecule has 0 saturated heterocycles. The minimum Gasteiger partial charge on any atom is -0.481 e. The van der Waals surface area contributed by atoms with Gasteiger partial charge >= 0.3 is 0 Å². The third-order valence-corrected chi connectivity index (χ3v) is 6.33. The number of hydrogen-bond donors (Lipinski definition) is 0. The van der Waals surface area contributed by atoms with Gasteiger partial charge in [-0.15, -0.1) is 0 Å². The summed E-state index contributed by atoms with van der Waals surface area (Å²) in [5, 5.41) is 8.22. The van der Waals surface area contributed by atoms with E-state index in [2.05, 4.69) is 16.3 Å². The number of carbonyl (C=O) groups is 1. The topological polar surface area (TPSA) is 73.4 Å². The number of fused-ring (bicyclic) bond motifs is 1. The van der Waals surface area contributed by atoms with Crippen LogP contribution in [0.2, 0.25) is 0 Å². The average molecular weight is 464 g/mol. The largest absolute Gasteiger partial charge is 0.481 e. The van der Waals surface area contributed by atoms with Gasteiger partial charge in [-0.05, 0) is 30.2 Å². The van der Waals surface area contributed by atoms with Gasteiger partial charge in [0.1, 0.15) is 11.6 Å². The molecule has 2 atom stereocenters. The van der Waals surface area contributed by atoms with Crippen LogP contribution in [0.1, 0.15) is 46.1 Å². The molecular weight excluding hydrogens is 442 g/mol. The van der Waals surface area contributed by atoms with E-state index in [4.69, 9.17) is 9.26 Å². The number of amides is 1. The van der Waals surface area contributed by atoms with E-state index in [0.717, 1.165) is 28.8 Å². The van der Waals surface area contributed by atoms with Gasteiger partial charge in [0.2, 0.25) is 5.88 Å². The lowest BCUT2D eigenvalue weighted by molar-refractivity contribution is 0.0654. The first-order valence-electron chi connectivity index (χ1n) is 10.8. The van der Waals surface area contributed by atoms with Crippen LogP contribution in [-0.2, 0) is 7.05 Å². The molecule has 1 aliphatic rings. The van der Waals surface area contributed by atoms with Crippen LogP contribution in [0.3, 0.4) is 0 Å². The number of hydrogen-bond acceptors (Lipinski definition) is 5. The molecule has 2 aromatic heterocycles. The molecule has 4 aromatic rings. The molecule has 0 spiro atoms. The maximum absolute atomic E-state index is 14.2. The molecule has 1 unspecified atom stereocenters. The molecule has 0 aliphatic carbocycles. The first kappa shape index (κ1) is 21.8. The fraction of sp³-hybridized carbons (Fsp3) is 0.240. The van der Waals surface area contributed by atoms with Crippen molar-refractivity contribution in [1.29, 1.82) is 0 Å². The van der Waals surface area contributed by atoms with Crippen LogP contribution in [0.15, 0.2) is 59.3 Å². The molecule has 0 bridgehead atoms. The first-order chi connectivity index (χ1) is 16.4. The summed E-state index contributed by atoms with van der Waals surface area (Å²) in [5.41, 5.74) is 3.05. The van der Waals surface area contributed by atoms with Gasteiger partial charge in [-0.3, -0.25) is 4.79 Å². The second-order valence-corrected chi connectivity index (χ2v) is 8.25. The van der Waals surface area contributed by atoms with E-state index in [1.165, 1.54) is 12.1 Å². The number of halogens is 2. The number of methoxy groups -OCH3 is 1. The van der Waals surface area contributed by atoms with Crippen LogP contribution in [-0.4, -0.2) is 39.4 Å². The van der Waals surface area contributed by atoms with Gasteiger partial charge in [-0.25, -0.2) is 13.5 Å². The summed E-state index contributed by atoms with van der Waals surface area (Å²) < 4.78 is 39.9. The van der Waals surface area contributed by atoms with Gasteiger partial charge in [-0.1, -0.05) is 29.4 Å². The van der Waals surface area contributed by atoms with E-state index in [0.29, 0.717) is 12.4 Å². The van der Waals surface area contributed by atoms with Gasteiger partial charge in [0, 0.05) is 37.2 Å². The molecule has 0 N–H and O–H groups in total. The number of ether oxygens (including phenoxy) is 1. The van der Waals surface area contributed by atoms with Crippen molar-refractivity contribution in [1.82, 2.24) is 19.8 Å². The quantitative estimate of drug-likeness (QED) is 0.437. The van der Waals surface area contributed by atoms with Gasteiger partial charge in [0.05, 0.1) is 24.9 Å². The number of carbonyl (C=O) groups excluding carboxylic acids is 1. The molecule has 2 aromatic carbocycles. The normalized spacial score (nSPS) is 17.5. The predicted octanol–water partition coefficient (Wildman–Crippen LogP) is 4.71. The van der Waals surface area contributed by atoms with Gasteiger partial charge in [-0.2, -0.15) is 5.10 Å². The molecule has 34 heavy (non-hydrogen) atoms. The Balaban J connectivity index is 1.52. The highest BCUT2D eigenvalue weighted by Crippen LogP contribution is 2.42. The van der Waals surface area contributed by atoms with E-state index in [1.54, 1.807) is 29.9 Å². The van der Waals surface area contributed by atoms with E-state index < -0.39 is 11.6 Å². The Kier molecular flexibility index (Phi) is 5.39. The van der Waals surface area contributed by atoms with Crippen molar-refractivity contribution in [3.63, 3.8) is 0 Å². The van der Waals surface area contributed by atoms with Gasteiger partial charge in [0.25, 0.3) is 5.91 Å². The SMILES string of the molecule is COc1c([C@H]2CN(C(=O)c3cc(-c4ccc(F)cc4F)on3)C(C)c3ccccc32)cnn1C. The molecule has 0 saturated carbocycles. The second-order valence-electron chi connectivity index (χ2n) is 8.25. The van der Waals surface area contributed by atoms with Crippen LogP contribution in [0.25, 0.3) is 11.3 Å². The van der Waals surface area contributed by atoms with Gasteiger partial charge in [0.15, 0.2) is 11.5 Å². The van der Waals surface area contributed by atoms with E-state index in [-0.39, 0.29) is 34.9 Å². The lowest BCUT2D eigenvalue weighted by Crippen LogP contribution is -2.41. The molecule has 0 fully saturated rings. The summed E-state index contributed by atoms with van der Waals surface area (Å²) in [4.78, 5) is 15.2. The molecule has 1 aliphatic heterocycles. The van der Waals surface area contributed by atoms with E-state index in [1.807, 2.05) is 25.1 Å². The molecule has 1 amide bonds. The third-order valence-electron chi connectivity index (χ3n) is 6.33. The highest BCUT2D eigenvalue weighted by molar-refractivity contribution is 5.93. The molecule has 5 rings (SSSR count). The van der Waals surface area contributed by atoms with Gasteiger partial charge < -0.3 is 14.2 Å². The van der Waals surface area contributed by atoms with Crippen LogP contribution >= 0.6 is 0 Å². The predicted molar refractivity (Wildman–Crippen MR) is 119 cm³/mol. The number of nitrogens with zero attached hydrogens (tertiary/aromatic N) is 4. The Morgan fingerprint density at radius 1 is 1.12 bits per heavy atom. The summed E-state index contributed by atoms with van der Waals surface area (Å²) in [5.74, 6) is -1.34. The summed E-state index contributed by atoms with van der Waals surface area (Å²) in [6.45, 7) is 2.32. The third kappa shape index (κ3) is 3.53. The van der Waals surface area contributed by atoms with Crippen molar-refractivity contribution in [3.8, 4) is 17.2 Å². The Morgan fingerprint density at radius 3 is 2.62 bits per heavy atom. The Morgan fingerprint density at radius 2 is 1.88 bits per heavy atom. The van der Waals surface area contributed by atoms with Crippen molar-refractivity contribution >= 4 is 5.91 Å². The number of aromatic nitrogens is 3. The molecule has 0 radical (unpaired) electrons. The lowest BCUT2D eigenvalue weighted by Gasteiger charge is -2.39. The number of benzene rings is 2. The summed E-state index contributed by atoms with van der Waals surface area (Å²) in [7, 11) is 3.39. The molecular formula is C25H22F2N4O3. The summed E-state index contributed by atoms with van der Waals surface area (Å²) in [6.07, 6.45) is 1.75. The van der Waals surface area contributed by atoms with Crippen LogP contribution < -0.4 is 4.74 Å². The minimum atomic E-state index is -0.792. The Hall–Kier alpha value is -4.01. The molecule has 9 heteroatoms. The highest BCUT2D eigenvalue weighted by atomic mass is 19.1. The Labute approximate surface area is 194 Å². The maximum atomic E-state index is 14.2. The fourth-order valence-corrected chi connectivity index (χ4v) is 4.63. The smallest absolute Gasteiger partial charge is 0.276 e. The van der Waals surface area contributed by atoms with E-state index in [9.17, 15) is 13.6 Å². The highest BCUT2D eigenvalue weighted by Gasteiger charge is 2.37. The molecule has 7 nitrogen and oxygen atoms in total. The van der Waals surface area contributed by atoms with Crippen molar-refractivity contribution in [2.24, 2.45) is 7.05 Å². The first-order valence-corrected chi connectivity index (χ1v) is 10.8. The van der Waals surface area contributed by atoms with E-state index >= 15 is 0 Å². The number of rotatable bonds is 4. The van der Waals surface area contributed by atoms with Crippen LogP contribution in [0.5, 0.6) is 5.88 Å². The van der Waals surface area contributed by atoms with Crippen molar-refractivity contribution in [3.05, 3.63) is 88.7 Å². The zero-order valence-corrected chi connectivity index (χ0v) is 18.8. The minimum absolute atomic E-state index is 0.0305. The lowest BCUT2D eigenvalue weighted by atomic mass is 9.82. The van der Waals surface area contributed by atoms with Crippen LogP contribution in [0, 0.1) is 11.6 Å². The Bertz CT molecular complexity index is 1380. The average Bonchev–Trinajstić information content (AvgIpc) is 3.46. The monoisotopic (exact) mass is 464 g/mol. The van der Waals surface area contributed by atoms with Crippen molar-refractivity contribution in [2.45, 2.75) is 18.9 Å². The molecule has 174 valence electrons. The fourth-order valence-electron chi connectivity index (χ4n) is 4.63. The number of aryl methyl sites for hydroxylation is 1. The zero-order chi connectivity index (χ0) is 24.0. The second kappa shape index (κ2) is 8.40. The summed E-state index contributed by atoms with van der Waals surface area (Å²) >= 11 is 0. The standard InChI is InChI=1S/C25H22F2N4O3/c1-14-16-6-4-5-7-17(16)20(19-12-28-30(2)25(19)33-3)13-31(14)24(32)22-11-23(34-29-22)18-9-8-15(26)10-21(18)27/h4-12,14,20H,13H2,1-3H3/t14?,20-/m0/s1. The summed E-state index contributed by atoms with van der Waals surface area (Å²) in [6, 6.07) is 12.2. The van der Waals surface area contributed by atoms with Crippen molar-refractivity contribution in [2.75, 3.05) is 13.7 Å². The van der Waals surface area contributed by atoms with Crippen LogP contribution in [0.4, 0.5) is 8.78 Å².